The van der Waals surface area contributed by atoms with Gasteiger partial charge in [-0.05, 0) is 29.8 Å². The fourth-order valence-electron chi connectivity index (χ4n) is 1.45. The Bertz CT molecular complexity index is 491. The van der Waals surface area contributed by atoms with Crippen LogP contribution in [0.5, 0.6) is 0 Å². The van der Waals surface area contributed by atoms with Gasteiger partial charge in [0, 0.05) is 16.5 Å². The minimum atomic E-state index is 0.0213. The molecule has 0 aliphatic carbocycles. The van der Waals surface area contributed by atoms with Crippen molar-refractivity contribution in [2.45, 2.75) is 5.33 Å². The van der Waals surface area contributed by atoms with Crippen LogP contribution in [0.15, 0.2) is 42.5 Å². The molecule has 0 aliphatic rings. The molecule has 0 radical (unpaired) electrons. The molecule has 0 aromatic heterocycles. The van der Waals surface area contributed by atoms with Crippen molar-refractivity contribution in [3.8, 4) is 0 Å². The maximum Gasteiger partial charge on any atom is 0.193 e. The SMILES string of the molecule is O=C(c1cc#ccc1)c1cccc(CBr)c1. The highest BCUT2D eigenvalue weighted by Gasteiger charge is 2.08. The van der Waals surface area contributed by atoms with E-state index in [1.807, 2.05) is 24.3 Å². The standard InChI is InChI=1S/C14H9BrO/c15-10-11-5-4-8-13(9-11)14(16)12-6-2-1-3-7-12/h2,4-9H,10H2. The maximum atomic E-state index is 12.1. The summed E-state index contributed by atoms with van der Waals surface area (Å²) in [6.07, 6.45) is 0. The lowest BCUT2D eigenvalue weighted by Gasteiger charge is -2.01. The van der Waals surface area contributed by atoms with Crippen molar-refractivity contribution in [2.24, 2.45) is 0 Å². The van der Waals surface area contributed by atoms with Gasteiger partial charge in [0.25, 0.3) is 0 Å². The van der Waals surface area contributed by atoms with Gasteiger partial charge in [0.15, 0.2) is 5.78 Å². The molecule has 0 N–H and O–H groups in total. The number of halogens is 1. The molecular weight excluding hydrogens is 264 g/mol. The van der Waals surface area contributed by atoms with Gasteiger partial charge in [-0.3, -0.25) is 4.79 Å². The highest BCUT2D eigenvalue weighted by Crippen LogP contribution is 2.12. The van der Waals surface area contributed by atoms with Crippen molar-refractivity contribution in [3.05, 3.63) is 71.3 Å². The molecule has 2 rings (SSSR count). The lowest BCUT2D eigenvalue weighted by Crippen LogP contribution is -2.00. The Kier molecular flexibility index (Phi) is 3.38. The highest BCUT2D eigenvalue weighted by molar-refractivity contribution is 9.08. The number of carbonyl (C=O) groups is 1. The second-order valence-corrected chi connectivity index (χ2v) is 3.95. The Labute approximate surface area is 103 Å². The van der Waals surface area contributed by atoms with Crippen LogP contribution in [0, 0.1) is 12.1 Å². The smallest absolute Gasteiger partial charge is 0.193 e. The van der Waals surface area contributed by atoms with Crippen LogP contribution in [0.25, 0.3) is 0 Å². The number of benzene rings is 1. The van der Waals surface area contributed by atoms with Gasteiger partial charge in [-0.2, -0.15) is 0 Å². The number of hydrogen-bond donors (Lipinski definition) is 0. The summed E-state index contributed by atoms with van der Waals surface area (Å²) in [5, 5.41) is 0.753. The zero-order valence-corrected chi connectivity index (χ0v) is 10.1. The molecule has 0 saturated heterocycles. The first-order valence-corrected chi connectivity index (χ1v) is 6.01. The third-order valence-corrected chi connectivity index (χ3v) is 2.91. The second kappa shape index (κ2) is 4.96. The zero-order chi connectivity index (χ0) is 11.4. The van der Waals surface area contributed by atoms with E-state index < -0.39 is 0 Å². The van der Waals surface area contributed by atoms with Crippen molar-refractivity contribution >= 4 is 21.7 Å². The minimum absolute atomic E-state index is 0.0213. The first kappa shape index (κ1) is 10.9. The van der Waals surface area contributed by atoms with E-state index in [0.29, 0.717) is 11.1 Å². The summed E-state index contributed by atoms with van der Waals surface area (Å²) in [5.74, 6) is 0.0213. The van der Waals surface area contributed by atoms with Gasteiger partial charge < -0.3 is 0 Å². The number of carbonyl (C=O) groups excluding carboxylic acids is 1. The predicted octanol–water partition coefficient (Wildman–Crippen LogP) is 3.41. The van der Waals surface area contributed by atoms with Crippen LogP contribution in [0.4, 0.5) is 0 Å². The molecule has 0 bridgehead atoms. The number of hydrogen-bond acceptors (Lipinski definition) is 1. The van der Waals surface area contributed by atoms with E-state index in [9.17, 15) is 4.79 Å². The highest BCUT2D eigenvalue weighted by atomic mass is 79.9. The van der Waals surface area contributed by atoms with Crippen molar-refractivity contribution in [1.29, 1.82) is 0 Å². The maximum absolute atomic E-state index is 12.1. The summed E-state index contributed by atoms with van der Waals surface area (Å²) in [6.45, 7) is 0. The summed E-state index contributed by atoms with van der Waals surface area (Å²) < 4.78 is 0. The Morgan fingerprint density at radius 3 is 2.75 bits per heavy atom. The molecule has 0 amide bonds. The molecule has 2 heteroatoms. The lowest BCUT2D eigenvalue weighted by molar-refractivity contribution is 0.103. The van der Waals surface area contributed by atoms with Gasteiger partial charge in [0.2, 0.25) is 0 Å². The Hall–Kier alpha value is -1.59. The molecule has 0 unspecified atom stereocenters. The molecule has 0 spiro atoms. The average molecular weight is 273 g/mol. The predicted molar refractivity (Wildman–Crippen MR) is 66.6 cm³/mol. The molecule has 2 aromatic rings. The minimum Gasteiger partial charge on any atom is -0.289 e. The fourth-order valence-corrected chi connectivity index (χ4v) is 1.80. The van der Waals surface area contributed by atoms with Crippen LogP contribution in [0.1, 0.15) is 21.5 Å². The summed E-state index contributed by atoms with van der Waals surface area (Å²) in [5.41, 5.74) is 2.44. The van der Waals surface area contributed by atoms with Gasteiger partial charge in [0.05, 0.1) is 0 Å². The Morgan fingerprint density at radius 1 is 1.19 bits per heavy atom. The topological polar surface area (TPSA) is 17.1 Å². The summed E-state index contributed by atoms with van der Waals surface area (Å²) in [4.78, 5) is 12.1. The Morgan fingerprint density at radius 2 is 2.06 bits per heavy atom. The molecule has 0 saturated carbocycles. The molecule has 2 aromatic carbocycles. The van der Waals surface area contributed by atoms with Crippen molar-refractivity contribution in [3.63, 3.8) is 0 Å². The third kappa shape index (κ3) is 2.32. The quantitative estimate of drug-likeness (QED) is 0.618. The van der Waals surface area contributed by atoms with Crippen LogP contribution < -0.4 is 0 Å². The molecule has 0 heterocycles. The first-order valence-electron chi connectivity index (χ1n) is 4.88. The summed E-state index contributed by atoms with van der Waals surface area (Å²) >= 11 is 3.37. The monoisotopic (exact) mass is 272 g/mol. The van der Waals surface area contributed by atoms with Gasteiger partial charge in [-0.15, -0.1) is 0 Å². The number of ketones is 1. The summed E-state index contributed by atoms with van der Waals surface area (Å²) in [7, 11) is 0. The molecule has 78 valence electrons. The fraction of sp³-hybridized carbons (Fsp3) is 0.0714. The second-order valence-electron chi connectivity index (χ2n) is 3.38. The average Bonchev–Trinajstić information content (AvgIpc) is 2.39. The van der Waals surface area contributed by atoms with Crippen LogP contribution in [-0.2, 0) is 5.33 Å². The first-order chi connectivity index (χ1) is 7.81. The molecule has 1 nitrogen and oxygen atoms in total. The zero-order valence-electron chi connectivity index (χ0n) is 8.53. The van der Waals surface area contributed by atoms with Crippen LogP contribution in [0.2, 0.25) is 0 Å². The molecule has 16 heavy (non-hydrogen) atoms. The molecule has 0 atom stereocenters. The van der Waals surface area contributed by atoms with E-state index in [1.165, 1.54) is 0 Å². The van der Waals surface area contributed by atoms with Gasteiger partial charge in [-0.1, -0.05) is 46.3 Å². The summed E-state index contributed by atoms with van der Waals surface area (Å²) in [6, 6.07) is 18.3. The van der Waals surface area contributed by atoms with Gasteiger partial charge >= 0.3 is 0 Å². The van der Waals surface area contributed by atoms with E-state index in [2.05, 4.69) is 28.1 Å². The largest absolute Gasteiger partial charge is 0.289 e. The third-order valence-electron chi connectivity index (χ3n) is 2.26. The Balaban J connectivity index is 2.34. The number of alkyl halides is 1. The lowest BCUT2D eigenvalue weighted by atomic mass is 10.0. The van der Waals surface area contributed by atoms with Crippen molar-refractivity contribution < 1.29 is 4.79 Å². The van der Waals surface area contributed by atoms with E-state index in [1.54, 1.807) is 18.2 Å². The van der Waals surface area contributed by atoms with E-state index in [-0.39, 0.29) is 5.78 Å². The van der Waals surface area contributed by atoms with E-state index >= 15 is 0 Å². The van der Waals surface area contributed by atoms with E-state index in [4.69, 9.17) is 0 Å². The number of rotatable bonds is 3. The van der Waals surface area contributed by atoms with Crippen molar-refractivity contribution in [2.75, 3.05) is 0 Å². The van der Waals surface area contributed by atoms with Crippen LogP contribution in [0.3, 0.4) is 0 Å². The molecule has 0 aliphatic heterocycles. The molecule has 0 fully saturated rings. The van der Waals surface area contributed by atoms with Crippen LogP contribution in [-0.4, -0.2) is 5.78 Å². The van der Waals surface area contributed by atoms with Gasteiger partial charge in [0.1, 0.15) is 0 Å². The normalized spacial score (nSPS) is 9.56. The van der Waals surface area contributed by atoms with Crippen molar-refractivity contribution in [1.82, 2.24) is 0 Å². The van der Waals surface area contributed by atoms with Crippen LogP contribution >= 0.6 is 15.9 Å². The van der Waals surface area contributed by atoms with Gasteiger partial charge in [-0.25, -0.2) is 0 Å². The van der Waals surface area contributed by atoms with E-state index in [0.717, 1.165) is 10.9 Å². The molecular formula is C14H9BrO.